The average molecular weight is 545 g/mol. The molecule has 8 aromatic rings. The molecule has 0 unspecified atom stereocenters. The Morgan fingerprint density at radius 3 is 1.33 bits per heavy atom. The van der Waals surface area contributed by atoms with Gasteiger partial charge in [-0.3, -0.25) is 0 Å². The fourth-order valence-electron chi connectivity index (χ4n) is 7.35. The van der Waals surface area contributed by atoms with E-state index < -0.39 is 0 Å². The molecule has 0 radical (unpaired) electrons. The fourth-order valence-corrected chi connectivity index (χ4v) is 7.35. The van der Waals surface area contributed by atoms with Crippen molar-refractivity contribution in [1.29, 1.82) is 0 Å². The summed E-state index contributed by atoms with van der Waals surface area (Å²) < 4.78 is 0. The van der Waals surface area contributed by atoms with Crippen LogP contribution in [0.5, 0.6) is 0 Å². The van der Waals surface area contributed by atoms with Crippen molar-refractivity contribution in [2.75, 3.05) is 0 Å². The van der Waals surface area contributed by atoms with Gasteiger partial charge in [0.25, 0.3) is 0 Å². The molecule has 0 spiro atoms. The summed E-state index contributed by atoms with van der Waals surface area (Å²) in [4.78, 5) is 0. The van der Waals surface area contributed by atoms with Crippen LogP contribution < -0.4 is 0 Å². The van der Waals surface area contributed by atoms with Gasteiger partial charge in [-0.1, -0.05) is 146 Å². The summed E-state index contributed by atoms with van der Waals surface area (Å²) in [6, 6.07) is 58.1. The summed E-state index contributed by atoms with van der Waals surface area (Å²) in [5.41, 5.74) is 13.3. The van der Waals surface area contributed by atoms with Crippen LogP contribution in [0.4, 0.5) is 0 Å². The number of fused-ring (bicyclic) bond motifs is 9. The molecule has 9 rings (SSSR count). The third-order valence-corrected chi connectivity index (χ3v) is 9.33. The highest BCUT2D eigenvalue weighted by Gasteiger charge is 2.24. The van der Waals surface area contributed by atoms with E-state index in [1.165, 1.54) is 88.0 Å². The van der Waals surface area contributed by atoms with Crippen LogP contribution in [-0.4, -0.2) is 0 Å². The first-order valence-electron chi connectivity index (χ1n) is 15.1. The summed E-state index contributed by atoms with van der Waals surface area (Å²) in [6.07, 6.45) is 0.934. The predicted molar refractivity (Wildman–Crippen MR) is 184 cm³/mol. The second-order valence-electron chi connectivity index (χ2n) is 11.6. The fraction of sp³-hybridized carbons (Fsp3) is 0.0233. The van der Waals surface area contributed by atoms with Gasteiger partial charge in [0.1, 0.15) is 0 Å². The van der Waals surface area contributed by atoms with Crippen molar-refractivity contribution in [3.8, 4) is 44.5 Å². The second-order valence-corrected chi connectivity index (χ2v) is 11.6. The standard InChI is InChI=1S/C43H28/c1-2-11-28(12-3-1)29-13-8-14-30(25-29)32-19-9-21-38-39-22-10-20-33(43(39)27-42(32)38)31-23-24-40-36-17-5-4-15-34(36)35-16-6-7-18-37(35)41(40)26-31/h1-26H,27H2. The number of hydrogen-bond acceptors (Lipinski definition) is 0. The van der Waals surface area contributed by atoms with E-state index in [1.807, 2.05) is 0 Å². The Hall–Kier alpha value is -5.46. The van der Waals surface area contributed by atoms with Crippen LogP contribution >= 0.6 is 0 Å². The van der Waals surface area contributed by atoms with Crippen molar-refractivity contribution < 1.29 is 0 Å². The largest absolute Gasteiger partial charge is 0.0622 e. The molecule has 1 aliphatic rings. The third-order valence-electron chi connectivity index (χ3n) is 9.33. The first-order chi connectivity index (χ1) is 21.3. The molecule has 200 valence electrons. The molecule has 8 aromatic carbocycles. The third kappa shape index (κ3) is 3.77. The van der Waals surface area contributed by atoms with Crippen LogP contribution in [0.1, 0.15) is 11.1 Å². The summed E-state index contributed by atoms with van der Waals surface area (Å²) in [5, 5.41) is 7.90. The van der Waals surface area contributed by atoms with Gasteiger partial charge in [0.15, 0.2) is 0 Å². The zero-order valence-electron chi connectivity index (χ0n) is 23.7. The highest BCUT2D eigenvalue weighted by Crippen LogP contribution is 2.46. The Balaban J connectivity index is 1.19. The van der Waals surface area contributed by atoms with Gasteiger partial charge in [0.2, 0.25) is 0 Å². The van der Waals surface area contributed by atoms with Gasteiger partial charge in [-0.15, -0.1) is 0 Å². The van der Waals surface area contributed by atoms with Gasteiger partial charge >= 0.3 is 0 Å². The molecule has 0 N–H and O–H groups in total. The zero-order valence-corrected chi connectivity index (χ0v) is 23.7. The lowest BCUT2D eigenvalue weighted by molar-refractivity contribution is 1.26. The van der Waals surface area contributed by atoms with E-state index in [0.717, 1.165) is 6.42 Å². The number of hydrogen-bond donors (Lipinski definition) is 0. The van der Waals surface area contributed by atoms with E-state index in [4.69, 9.17) is 0 Å². The highest BCUT2D eigenvalue weighted by atomic mass is 14.3. The second kappa shape index (κ2) is 9.54. The van der Waals surface area contributed by atoms with Crippen molar-refractivity contribution in [3.63, 3.8) is 0 Å². The lowest BCUT2D eigenvalue weighted by Crippen LogP contribution is -1.91. The monoisotopic (exact) mass is 544 g/mol. The van der Waals surface area contributed by atoms with Crippen LogP contribution in [0.3, 0.4) is 0 Å². The minimum atomic E-state index is 0.934. The molecular formula is C43H28. The molecule has 1 aliphatic carbocycles. The van der Waals surface area contributed by atoms with Gasteiger partial charge < -0.3 is 0 Å². The van der Waals surface area contributed by atoms with Crippen molar-refractivity contribution in [2.45, 2.75) is 6.42 Å². The molecular weight excluding hydrogens is 516 g/mol. The van der Waals surface area contributed by atoms with Gasteiger partial charge in [-0.05, 0) is 107 Å². The molecule has 0 atom stereocenters. The highest BCUT2D eigenvalue weighted by molar-refractivity contribution is 6.25. The Labute approximate surface area is 251 Å². The SMILES string of the molecule is c1ccc(-c2cccc(-c3cccc4c3Cc3c(-c5ccc6c7ccccc7c7ccccc7c6c5)cccc3-4)c2)cc1. The van der Waals surface area contributed by atoms with Crippen LogP contribution in [0.25, 0.3) is 76.8 Å². The predicted octanol–water partition coefficient (Wildman–Crippen LogP) is 11.7. The summed E-state index contributed by atoms with van der Waals surface area (Å²) in [7, 11) is 0. The minimum Gasteiger partial charge on any atom is -0.0622 e. The Kier molecular flexibility index (Phi) is 5.36. The van der Waals surface area contributed by atoms with Crippen molar-refractivity contribution in [3.05, 3.63) is 169 Å². The molecule has 0 fully saturated rings. The number of benzene rings is 8. The van der Waals surface area contributed by atoms with Crippen LogP contribution in [0.2, 0.25) is 0 Å². The summed E-state index contributed by atoms with van der Waals surface area (Å²) >= 11 is 0. The first-order valence-corrected chi connectivity index (χ1v) is 15.1. The maximum Gasteiger partial charge on any atom is -0.000112 e. The lowest BCUT2D eigenvalue weighted by Gasteiger charge is -2.14. The maximum absolute atomic E-state index is 2.42. The Morgan fingerprint density at radius 2 is 0.698 bits per heavy atom. The van der Waals surface area contributed by atoms with Gasteiger partial charge in [0.05, 0.1) is 0 Å². The van der Waals surface area contributed by atoms with Crippen LogP contribution in [-0.2, 0) is 6.42 Å². The van der Waals surface area contributed by atoms with E-state index >= 15 is 0 Å². The Morgan fingerprint density at radius 1 is 0.256 bits per heavy atom. The van der Waals surface area contributed by atoms with Crippen LogP contribution in [0.15, 0.2) is 158 Å². The molecule has 0 bridgehead atoms. The van der Waals surface area contributed by atoms with Gasteiger partial charge in [-0.2, -0.15) is 0 Å². The molecule has 0 saturated carbocycles. The molecule has 0 heterocycles. The summed E-state index contributed by atoms with van der Waals surface area (Å²) in [5.74, 6) is 0. The maximum atomic E-state index is 2.42. The molecule has 0 nitrogen and oxygen atoms in total. The molecule has 0 heteroatoms. The van der Waals surface area contributed by atoms with E-state index in [-0.39, 0.29) is 0 Å². The minimum absolute atomic E-state index is 0.934. The van der Waals surface area contributed by atoms with Gasteiger partial charge in [0, 0.05) is 0 Å². The van der Waals surface area contributed by atoms with Crippen molar-refractivity contribution in [2.24, 2.45) is 0 Å². The molecule has 0 amide bonds. The van der Waals surface area contributed by atoms with Crippen LogP contribution in [0, 0.1) is 0 Å². The molecule has 0 aliphatic heterocycles. The zero-order chi connectivity index (χ0) is 28.3. The number of rotatable bonds is 3. The summed E-state index contributed by atoms with van der Waals surface area (Å²) in [6.45, 7) is 0. The van der Waals surface area contributed by atoms with E-state index in [2.05, 4.69) is 158 Å². The Bertz CT molecular complexity index is 2320. The quantitative estimate of drug-likeness (QED) is 0.194. The molecule has 0 aromatic heterocycles. The smallest absolute Gasteiger partial charge is 0.000112 e. The van der Waals surface area contributed by atoms with E-state index in [0.29, 0.717) is 0 Å². The molecule has 43 heavy (non-hydrogen) atoms. The van der Waals surface area contributed by atoms with E-state index in [9.17, 15) is 0 Å². The van der Waals surface area contributed by atoms with E-state index in [1.54, 1.807) is 0 Å². The van der Waals surface area contributed by atoms with Crippen molar-refractivity contribution in [1.82, 2.24) is 0 Å². The van der Waals surface area contributed by atoms with Gasteiger partial charge in [-0.25, -0.2) is 0 Å². The lowest BCUT2D eigenvalue weighted by atomic mass is 9.90. The first kappa shape index (κ1) is 24.2. The normalized spacial score (nSPS) is 12.1. The van der Waals surface area contributed by atoms with Crippen molar-refractivity contribution >= 4 is 32.3 Å². The average Bonchev–Trinajstić information content (AvgIpc) is 3.48. The topological polar surface area (TPSA) is 0 Å². The molecule has 0 saturated heterocycles.